The van der Waals surface area contributed by atoms with Gasteiger partial charge in [0.1, 0.15) is 0 Å². The maximum atomic E-state index is 6.29. The molecule has 0 aliphatic rings. The molecule has 0 radical (unpaired) electrons. The van der Waals surface area contributed by atoms with E-state index in [9.17, 15) is 0 Å². The molecule has 0 heterocycles. The molecule has 0 aliphatic carbocycles. The highest BCUT2D eigenvalue weighted by atomic mass is 35.5. The van der Waals surface area contributed by atoms with Crippen LogP contribution in [0.5, 0.6) is 0 Å². The lowest BCUT2D eigenvalue weighted by molar-refractivity contribution is 0.590. The molecule has 0 fully saturated rings. The van der Waals surface area contributed by atoms with Gasteiger partial charge in [-0.05, 0) is 58.6 Å². The smallest absolute Gasteiger partial charge is 0.0412 e. The molecule has 0 amide bonds. The summed E-state index contributed by atoms with van der Waals surface area (Å²) in [6.45, 7) is 11.3. The van der Waals surface area contributed by atoms with E-state index < -0.39 is 0 Å². The van der Waals surface area contributed by atoms with Gasteiger partial charge in [-0.15, -0.1) is 0 Å². The van der Waals surface area contributed by atoms with E-state index in [0.29, 0.717) is 5.92 Å². The number of halogens is 1. The van der Waals surface area contributed by atoms with Gasteiger partial charge in [0.05, 0.1) is 0 Å². The predicted octanol–water partition coefficient (Wildman–Crippen LogP) is 7.21. The normalized spacial score (nSPS) is 12.0. The number of hydrogen-bond acceptors (Lipinski definition) is 0. The summed E-state index contributed by atoms with van der Waals surface area (Å²) in [4.78, 5) is 0. The van der Waals surface area contributed by atoms with Crippen molar-refractivity contribution in [3.05, 3.63) is 58.6 Å². The summed E-state index contributed by atoms with van der Waals surface area (Å²) in [5.41, 5.74) is 5.49. The molecule has 0 spiro atoms. The van der Waals surface area contributed by atoms with Crippen LogP contribution in [0.25, 0.3) is 11.1 Å². The third-order valence-electron chi connectivity index (χ3n) is 4.48. The first-order chi connectivity index (χ1) is 10.4. The van der Waals surface area contributed by atoms with Crippen molar-refractivity contribution in [2.75, 3.05) is 0 Å². The Balaban J connectivity index is 2.59. The van der Waals surface area contributed by atoms with E-state index in [0.717, 1.165) is 17.9 Å². The molecule has 0 unspecified atom stereocenters. The van der Waals surface area contributed by atoms with Gasteiger partial charge in [0.15, 0.2) is 0 Å². The van der Waals surface area contributed by atoms with Crippen LogP contribution in [0.2, 0.25) is 5.02 Å². The first-order valence-corrected chi connectivity index (χ1v) is 8.65. The van der Waals surface area contributed by atoms with E-state index in [1.54, 1.807) is 0 Å². The summed E-state index contributed by atoms with van der Waals surface area (Å²) in [6, 6.07) is 15.2. The first-order valence-electron chi connectivity index (χ1n) is 8.27. The van der Waals surface area contributed by atoms with Crippen LogP contribution in [0.3, 0.4) is 0 Å². The van der Waals surface area contributed by atoms with Crippen molar-refractivity contribution in [1.29, 1.82) is 0 Å². The molecule has 2 aromatic carbocycles. The molecular weight excluding hydrogens is 288 g/mol. The summed E-state index contributed by atoms with van der Waals surface area (Å²) in [6.07, 6.45) is 2.31. The van der Waals surface area contributed by atoms with Crippen molar-refractivity contribution >= 4 is 11.6 Å². The van der Waals surface area contributed by atoms with Crippen molar-refractivity contribution in [3.8, 4) is 11.1 Å². The van der Waals surface area contributed by atoms with Crippen LogP contribution >= 0.6 is 11.6 Å². The maximum Gasteiger partial charge on any atom is 0.0412 e. The molecule has 118 valence electrons. The fourth-order valence-corrected chi connectivity index (χ4v) is 3.19. The van der Waals surface area contributed by atoms with Crippen LogP contribution in [0.4, 0.5) is 0 Å². The van der Waals surface area contributed by atoms with Gasteiger partial charge in [0.25, 0.3) is 0 Å². The van der Waals surface area contributed by atoms with Crippen LogP contribution in [0.15, 0.2) is 42.5 Å². The van der Waals surface area contributed by atoms with Gasteiger partial charge >= 0.3 is 0 Å². The lowest BCUT2D eigenvalue weighted by Gasteiger charge is -2.22. The molecule has 0 saturated carbocycles. The Kier molecular flexibility index (Phi) is 5.34. The standard InChI is InChI=1S/C21H27Cl/c1-6-15(7-2)19-12-11-18(22)14-20(19)16-9-8-10-17(13-16)21(3,4)5/h8-15H,6-7H2,1-5H3. The van der Waals surface area contributed by atoms with Crippen LogP contribution in [0, 0.1) is 0 Å². The minimum atomic E-state index is 0.156. The van der Waals surface area contributed by atoms with E-state index in [4.69, 9.17) is 11.6 Å². The monoisotopic (exact) mass is 314 g/mol. The zero-order chi connectivity index (χ0) is 16.3. The van der Waals surface area contributed by atoms with Crippen molar-refractivity contribution in [2.45, 2.75) is 58.8 Å². The molecule has 0 aliphatic heterocycles. The van der Waals surface area contributed by atoms with E-state index in [-0.39, 0.29) is 5.41 Å². The van der Waals surface area contributed by atoms with Gasteiger partial charge in [0, 0.05) is 5.02 Å². The van der Waals surface area contributed by atoms with E-state index in [1.165, 1.54) is 22.3 Å². The zero-order valence-electron chi connectivity index (χ0n) is 14.4. The van der Waals surface area contributed by atoms with E-state index in [1.807, 2.05) is 6.07 Å². The topological polar surface area (TPSA) is 0 Å². The van der Waals surface area contributed by atoms with Crippen LogP contribution in [-0.2, 0) is 5.41 Å². The minimum absolute atomic E-state index is 0.156. The third kappa shape index (κ3) is 3.73. The molecule has 2 rings (SSSR count). The largest absolute Gasteiger partial charge is 0.0843 e. The second-order valence-electron chi connectivity index (χ2n) is 7.08. The molecule has 2 aromatic rings. The molecular formula is C21H27Cl. The molecule has 0 saturated heterocycles. The first kappa shape index (κ1) is 17.1. The molecule has 22 heavy (non-hydrogen) atoms. The summed E-state index contributed by atoms with van der Waals surface area (Å²) < 4.78 is 0. The SMILES string of the molecule is CCC(CC)c1ccc(Cl)cc1-c1cccc(C(C)(C)C)c1. The third-order valence-corrected chi connectivity index (χ3v) is 4.72. The van der Waals surface area contributed by atoms with Gasteiger partial charge in [0.2, 0.25) is 0 Å². The van der Waals surface area contributed by atoms with Gasteiger partial charge in [-0.1, -0.05) is 76.6 Å². The van der Waals surface area contributed by atoms with Gasteiger partial charge < -0.3 is 0 Å². The fourth-order valence-electron chi connectivity index (χ4n) is 3.02. The highest BCUT2D eigenvalue weighted by Gasteiger charge is 2.17. The van der Waals surface area contributed by atoms with Crippen molar-refractivity contribution in [3.63, 3.8) is 0 Å². The Labute approximate surface area is 140 Å². The lowest BCUT2D eigenvalue weighted by atomic mass is 9.83. The number of benzene rings is 2. The quantitative estimate of drug-likeness (QED) is 0.559. The maximum absolute atomic E-state index is 6.29. The highest BCUT2D eigenvalue weighted by Crippen LogP contribution is 2.36. The highest BCUT2D eigenvalue weighted by molar-refractivity contribution is 6.30. The zero-order valence-corrected chi connectivity index (χ0v) is 15.2. The summed E-state index contributed by atoms with van der Waals surface area (Å²) in [5, 5.41) is 0.811. The molecule has 0 atom stereocenters. The average molecular weight is 315 g/mol. The Bertz CT molecular complexity index is 631. The molecule has 0 bridgehead atoms. The Morgan fingerprint density at radius 3 is 2.23 bits per heavy atom. The average Bonchev–Trinajstić information content (AvgIpc) is 2.49. The van der Waals surface area contributed by atoms with Crippen molar-refractivity contribution in [1.82, 2.24) is 0 Å². The van der Waals surface area contributed by atoms with Gasteiger partial charge in [-0.3, -0.25) is 0 Å². The second kappa shape index (κ2) is 6.87. The fraction of sp³-hybridized carbons (Fsp3) is 0.429. The van der Waals surface area contributed by atoms with Gasteiger partial charge in [-0.2, -0.15) is 0 Å². The molecule has 0 nitrogen and oxygen atoms in total. The van der Waals surface area contributed by atoms with E-state index in [2.05, 4.69) is 71.0 Å². The Morgan fingerprint density at radius 2 is 1.64 bits per heavy atom. The summed E-state index contributed by atoms with van der Waals surface area (Å²) in [5.74, 6) is 0.588. The van der Waals surface area contributed by atoms with Crippen molar-refractivity contribution < 1.29 is 0 Å². The van der Waals surface area contributed by atoms with E-state index >= 15 is 0 Å². The second-order valence-corrected chi connectivity index (χ2v) is 7.51. The predicted molar refractivity (Wildman–Crippen MR) is 98.9 cm³/mol. The summed E-state index contributed by atoms with van der Waals surface area (Å²) >= 11 is 6.29. The van der Waals surface area contributed by atoms with Gasteiger partial charge in [-0.25, -0.2) is 0 Å². The Hall–Kier alpha value is -1.27. The molecule has 1 heteroatoms. The van der Waals surface area contributed by atoms with Crippen LogP contribution in [0.1, 0.15) is 64.5 Å². The summed E-state index contributed by atoms with van der Waals surface area (Å²) in [7, 11) is 0. The van der Waals surface area contributed by atoms with Crippen LogP contribution < -0.4 is 0 Å². The number of rotatable bonds is 4. The molecule has 0 aromatic heterocycles. The minimum Gasteiger partial charge on any atom is -0.0843 e. The number of hydrogen-bond donors (Lipinski definition) is 0. The van der Waals surface area contributed by atoms with Crippen molar-refractivity contribution in [2.24, 2.45) is 0 Å². The van der Waals surface area contributed by atoms with Crippen LogP contribution in [-0.4, -0.2) is 0 Å². The molecule has 0 N–H and O–H groups in total. The Morgan fingerprint density at radius 1 is 0.955 bits per heavy atom. The lowest BCUT2D eigenvalue weighted by Crippen LogP contribution is -2.10.